The number of amides is 2. The number of anilines is 1. The number of carbonyl (C=O) groups excluding carboxylic acids is 2. The van der Waals surface area contributed by atoms with Crippen molar-refractivity contribution in [3.05, 3.63) is 101 Å². The summed E-state index contributed by atoms with van der Waals surface area (Å²) in [6, 6.07) is 22.5. The van der Waals surface area contributed by atoms with E-state index < -0.39 is 0 Å². The lowest BCUT2D eigenvalue weighted by molar-refractivity contribution is -0.130. The molecule has 3 aromatic carbocycles. The Morgan fingerprint density at radius 1 is 1.00 bits per heavy atom. The van der Waals surface area contributed by atoms with Crippen molar-refractivity contribution in [2.45, 2.75) is 31.9 Å². The molecule has 3 heterocycles. The van der Waals surface area contributed by atoms with Gasteiger partial charge in [0.15, 0.2) is 0 Å². The van der Waals surface area contributed by atoms with Gasteiger partial charge in [0.1, 0.15) is 18.2 Å². The number of likely N-dealkylation sites (tertiary alicyclic amines) is 1. The molecule has 2 aliphatic rings. The molecule has 0 bridgehead atoms. The van der Waals surface area contributed by atoms with E-state index in [4.69, 9.17) is 5.10 Å². The van der Waals surface area contributed by atoms with Gasteiger partial charge in [-0.05, 0) is 56.0 Å². The van der Waals surface area contributed by atoms with Gasteiger partial charge in [-0.25, -0.2) is 9.07 Å². The maximum Gasteiger partial charge on any atom is 0.242 e. The van der Waals surface area contributed by atoms with E-state index in [0.29, 0.717) is 18.9 Å². The maximum absolute atomic E-state index is 14.0. The average molecular weight is 555 g/mol. The van der Waals surface area contributed by atoms with Crippen LogP contribution in [0.15, 0.2) is 72.8 Å². The summed E-state index contributed by atoms with van der Waals surface area (Å²) in [5.74, 6) is 0.268. The molecule has 0 unspecified atom stereocenters. The van der Waals surface area contributed by atoms with Crippen LogP contribution in [0.25, 0.3) is 16.9 Å². The van der Waals surface area contributed by atoms with E-state index in [0.717, 1.165) is 52.0 Å². The quantitative estimate of drug-likeness (QED) is 0.300. The summed E-state index contributed by atoms with van der Waals surface area (Å²) in [6.45, 7) is 5.45. The van der Waals surface area contributed by atoms with E-state index in [9.17, 15) is 14.0 Å². The highest BCUT2D eigenvalue weighted by atomic mass is 32.2. The van der Waals surface area contributed by atoms with Gasteiger partial charge >= 0.3 is 0 Å². The normalized spacial score (nSPS) is 17.2. The number of hydrogen-bond acceptors (Lipinski definition) is 4. The number of benzene rings is 3. The minimum absolute atomic E-state index is 0.0483. The lowest BCUT2D eigenvalue weighted by atomic mass is 9.99. The topological polar surface area (TPSA) is 58.4 Å². The molecule has 0 N–H and O–H groups in total. The van der Waals surface area contributed by atoms with E-state index in [1.54, 1.807) is 17.0 Å². The Balaban J connectivity index is 1.62. The van der Waals surface area contributed by atoms with Crippen LogP contribution in [0.1, 0.15) is 40.3 Å². The highest BCUT2D eigenvalue weighted by Gasteiger charge is 2.38. The molecular weight excluding hydrogens is 523 g/mol. The first kappa shape index (κ1) is 26.3. The predicted octanol–water partition coefficient (Wildman–Crippen LogP) is 6.09. The third kappa shape index (κ3) is 4.92. The molecule has 204 valence electrons. The summed E-state index contributed by atoms with van der Waals surface area (Å²) in [5.41, 5.74) is 6.37. The first-order valence-corrected chi connectivity index (χ1v) is 14.7. The number of nitrogens with zero attached hydrogens (tertiary/aromatic N) is 4. The van der Waals surface area contributed by atoms with Crippen LogP contribution in [0, 0.1) is 19.7 Å². The van der Waals surface area contributed by atoms with Crippen molar-refractivity contribution in [2.75, 3.05) is 30.3 Å². The second-order valence-electron chi connectivity index (χ2n) is 10.5. The third-order valence-electron chi connectivity index (χ3n) is 7.64. The van der Waals surface area contributed by atoms with Gasteiger partial charge in [0.2, 0.25) is 11.8 Å². The van der Waals surface area contributed by atoms with Crippen LogP contribution in [0.3, 0.4) is 0 Å². The number of fused-ring (bicyclic) bond motifs is 1. The minimum atomic E-state index is -0.314. The number of halogens is 1. The van der Waals surface area contributed by atoms with Gasteiger partial charge in [-0.3, -0.25) is 14.5 Å². The molecule has 2 amide bonds. The van der Waals surface area contributed by atoms with E-state index in [1.807, 2.05) is 65.9 Å². The van der Waals surface area contributed by atoms with Crippen molar-refractivity contribution in [3.8, 4) is 16.9 Å². The minimum Gasteiger partial charge on any atom is -0.341 e. The van der Waals surface area contributed by atoms with Gasteiger partial charge in [-0.15, -0.1) is 11.8 Å². The highest BCUT2D eigenvalue weighted by Crippen LogP contribution is 2.48. The molecule has 0 aliphatic carbocycles. The lowest BCUT2D eigenvalue weighted by Gasteiger charge is -2.26. The average Bonchev–Trinajstić information content (AvgIpc) is 3.60. The second kappa shape index (κ2) is 10.9. The lowest BCUT2D eigenvalue weighted by Crippen LogP contribution is -2.43. The largest absolute Gasteiger partial charge is 0.341 e. The molecule has 8 heteroatoms. The van der Waals surface area contributed by atoms with Gasteiger partial charge in [0.05, 0.1) is 22.4 Å². The SMILES string of the molecule is Cc1ccc(-n2nc(-c3ccccc3)c3c2N(CC(=O)N2CCCC2)C(=O)CS[C@@H]3c2ccc(F)cc2)c(C)c1. The Hall–Kier alpha value is -3.91. The molecular formula is C32H31FN4O2S. The van der Waals surface area contributed by atoms with E-state index in [-0.39, 0.29) is 35.2 Å². The summed E-state index contributed by atoms with van der Waals surface area (Å²) in [6.07, 6.45) is 1.96. The first-order chi connectivity index (χ1) is 19.4. The number of carbonyl (C=O) groups is 2. The third-order valence-corrected chi connectivity index (χ3v) is 8.90. The van der Waals surface area contributed by atoms with E-state index in [1.165, 1.54) is 23.9 Å². The fraction of sp³-hybridized carbons (Fsp3) is 0.281. The Kier molecular flexibility index (Phi) is 7.19. The van der Waals surface area contributed by atoms with Gasteiger partial charge < -0.3 is 4.90 Å². The van der Waals surface area contributed by atoms with E-state index in [2.05, 4.69) is 6.07 Å². The molecule has 4 aromatic rings. The summed E-state index contributed by atoms with van der Waals surface area (Å²) in [7, 11) is 0. The summed E-state index contributed by atoms with van der Waals surface area (Å²) >= 11 is 1.49. The van der Waals surface area contributed by atoms with E-state index >= 15 is 0 Å². The highest BCUT2D eigenvalue weighted by molar-refractivity contribution is 8.00. The van der Waals surface area contributed by atoms with Crippen molar-refractivity contribution in [1.29, 1.82) is 0 Å². The first-order valence-electron chi connectivity index (χ1n) is 13.6. The van der Waals surface area contributed by atoms with Gasteiger partial charge in [-0.1, -0.05) is 60.2 Å². The fourth-order valence-electron chi connectivity index (χ4n) is 5.64. The number of aromatic nitrogens is 2. The van der Waals surface area contributed by atoms with Crippen molar-refractivity contribution in [1.82, 2.24) is 14.7 Å². The summed E-state index contributed by atoms with van der Waals surface area (Å²) in [4.78, 5) is 30.8. The zero-order chi connectivity index (χ0) is 27.8. The summed E-state index contributed by atoms with van der Waals surface area (Å²) in [5, 5.41) is 4.87. The molecule has 1 aromatic heterocycles. The zero-order valence-electron chi connectivity index (χ0n) is 22.6. The zero-order valence-corrected chi connectivity index (χ0v) is 23.5. The maximum atomic E-state index is 14.0. The Bertz CT molecular complexity index is 1560. The number of thioether (sulfide) groups is 1. The number of rotatable bonds is 5. The van der Waals surface area contributed by atoms with Gasteiger partial charge in [0, 0.05) is 24.2 Å². The molecule has 1 fully saturated rings. The molecule has 2 aliphatic heterocycles. The fourth-order valence-corrected chi connectivity index (χ4v) is 6.84. The van der Waals surface area contributed by atoms with Crippen molar-refractivity contribution >= 4 is 29.4 Å². The standard InChI is InChI=1S/C32H31FN4O2S/c1-21-10-15-26(22(2)18-21)37-32-29(30(34-37)23-8-4-3-5-9-23)31(24-11-13-25(33)14-12-24)40-20-28(39)36(32)19-27(38)35-16-6-7-17-35/h3-5,8-15,18,31H,6-7,16-17,19-20H2,1-2H3/t31-/m1/s1. The van der Waals surface area contributed by atoms with Crippen molar-refractivity contribution in [3.63, 3.8) is 0 Å². The molecule has 0 saturated carbocycles. The Morgan fingerprint density at radius 2 is 1.73 bits per heavy atom. The van der Waals surface area contributed by atoms with Gasteiger partial charge in [-0.2, -0.15) is 5.10 Å². The van der Waals surface area contributed by atoms with Crippen LogP contribution in [-0.4, -0.2) is 51.9 Å². The molecule has 6 rings (SSSR count). The predicted molar refractivity (Wildman–Crippen MR) is 157 cm³/mol. The molecule has 6 nitrogen and oxygen atoms in total. The number of aryl methyl sites for hydroxylation is 2. The number of hydrogen-bond donors (Lipinski definition) is 0. The van der Waals surface area contributed by atoms with Crippen LogP contribution in [-0.2, 0) is 9.59 Å². The van der Waals surface area contributed by atoms with Crippen LogP contribution >= 0.6 is 11.8 Å². The van der Waals surface area contributed by atoms with Crippen LogP contribution < -0.4 is 4.90 Å². The van der Waals surface area contributed by atoms with Gasteiger partial charge in [0.25, 0.3) is 0 Å². The Morgan fingerprint density at radius 3 is 2.42 bits per heavy atom. The molecule has 40 heavy (non-hydrogen) atoms. The smallest absolute Gasteiger partial charge is 0.242 e. The Labute approximate surface area is 237 Å². The molecule has 0 radical (unpaired) electrons. The monoisotopic (exact) mass is 554 g/mol. The van der Waals surface area contributed by atoms with Crippen molar-refractivity contribution in [2.24, 2.45) is 0 Å². The van der Waals surface area contributed by atoms with Crippen LogP contribution in [0.2, 0.25) is 0 Å². The molecule has 1 saturated heterocycles. The molecule has 0 spiro atoms. The second-order valence-corrected chi connectivity index (χ2v) is 11.6. The summed E-state index contributed by atoms with van der Waals surface area (Å²) < 4.78 is 15.8. The van der Waals surface area contributed by atoms with Crippen molar-refractivity contribution < 1.29 is 14.0 Å². The molecule has 1 atom stereocenters. The van der Waals surface area contributed by atoms with Crippen LogP contribution in [0.4, 0.5) is 10.2 Å². The van der Waals surface area contributed by atoms with Crippen LogP contribution in [0.5, 0.6) is 0 Å².